The van der Waals surface area contributed by atoms with Crippen molar-refractivity contribution in [2.24, 2.45) is 17.6 Å². The van der Waals surface area contributed by atoms with Crippen molar-refractivity contribution in [2.75, 3.05) is 18.0 Å². The molecule has 0 aromatic heterocycles. The van der Waals surface area contributed by atoms with E-state index in [0.717, 1.165) is 16.3 Å². The third-order valence-corrected chi connectivity index (χ3v) is 5.09. The van der Waals surface area contributed by atoms with Gasteiger partial charge in [0.2, 0.25) is 0 Å². The fourth-order valence-corrected chi connectivity index (χ4v) is 3.87. The molecular formula is C14H19BrN2. The van der Waals surface area contributed by atoms with Gasteiger partial charge in [-0.05, 0) is 42.4 Å². The number of fused-ring (bicyclic) bond motifs is 1. The number of hydrogen-bond acceptors (Lipinski definition) is 2. The minimum atomic E-state index is 0.603. The highest BCUT2D eigenvalue weighted by Crippen LogP contribution is 2.40. The van der Waals surface area contributed by atoms with Crippen LogP contribution < -0.4 is 10.6 Å². The van der Waals surface area contributed by atoms with Gasteiger partial charge in [-0.15, -0.1) is 0 Å². The molecule has 1 aromatic carbocycles. The molecule has 2 aliphatic rings. The Kier molecular flexibility index (Phi) is 3.14. The number of rotatable bonds is 2. The lowest BCUT2D eigenvalue weighted by molar-refractivity contribution is 0.494. The average Bonchev–Trinajstić information content (AvgIpc) is 2.88. The minimum Gasteiger partial charge on any atom is -0.371 e. The second kappa shape index (κ2) is 4.62. The molecule has 3 rings (SSSR count). The molecule has 0 amide bonds. The minimum absolute atomic E-state index is 0.603. The van der Waals surface area contributed by atoms with E-state index in [4.69, 9.17) is 5.73 Å². The Labute approximate surface area is 111 Å². The SMILES string of the molecule is NCc1ccc(N2CC3CCCC3C2)cc1Br. The molecule has 3 heteroatoms. The lowest BCUT2D eigenvalue weighted by atomic mass is 10.0. The van der Waals surface area contributed by atoms with E-state index < -0.39 is 0 Å². The Balaban J connectivity index is 1.79. The number of hydrogen-bond donors (Lipinski definition) is 1. The van der Waals surface area contributed by atoms with Gasteiger partial charge in [0.15, 0.2) is 0 Å². The van der Waals surface area contributed by atoms with Gasteiger partial charge in [0, 0.05) is 29.8 Å². The number of benzene rings is 1. The van der Waals surface area contributed by atoms with Crippen molar-refractivity contribution in [3.63, 3.8) is 0 Å². The Morgan fingerprint density at radius 2 is 1.94 bits per heavy atom. The zero-order valence-electron chi connectivity index (χ0n) is 10.0. The van der Waals surface area contributed by atoms with Crippen LogP contribution in [0.1, 0.15) is 24.8 Å². The van der Waals surface area contributed by atoms with Crippen molar-refractivity contribution < 1.29 is 0 Å². The van der Waals surface area contributed by atoms with E-state index in [2.05, 4.69) is 39.0 Å². The Bertz CT molecular complexity index is 407. The van der Waals surface area contributed by atoms with Gasteiger partial charge in [-0.25, -0.2) is 0 Å². The van der Waals surface area contributed by atoms with Gasteiger partial charge in [0.1, 0.15) is 0 Å². The lowest BCUT2D eigenvalue weighted by Crippen LogP contribution is -2.20. The molecular weight excluding hydrogens is 276 g/mol. The summed E-state index contributed by atoms with van der Waals surface area (Å²) in [6.07, 6.45) is 4.31. The Morgan fingerprint density at radius 3 is 2.53 bits per heavy atom. The summed E-state index contributed by atoms with van der Waals surface area (Å²) in [5, 5.41) is 0. The van der Waals surface area contributed by atoms with Crippen LogP contribution >= 0.6 is 15.9 Å². The van der Waals surface area contributed by atoms with E-state index in [9.17, 15) is 0 Å². The van der Waals surface area contributed by atoms with Crippen molar-refractivity contribution in [1.82, 2.24) is 0 Å². The first-order chi connectivity index (χ1) is 8.28. The van der Waals surface area contributed by atoms with Gasteiger partial charge < -0.3 is 10.6 Å². The summed E-state index contributed by atoms with van der Waals surface area (Å²) in [5.74, 6) is 1.89. The van der Waals surface area contributed by atoms with Gasteiger partial charge >= 0.3 is 0 Å². The maximum absolute atomic E-state index is 5.69. The summed E-state index contributed by atoms with van der Waals surface area (Å²) >= 11 is 3.61. The molecule has 0 bridgehead atoms. The fraction of sp³-hybridized carbons (Fsp3) is 0.571. The first-order valence-electron chi connectivity index (χ1n) is 6.51. The highest BCUT2D eigenvalue weighted by molar-refractivity contribution is 9.10. The van der Waals surface area contributed by atoms with E-state index >= 15 is 0 Å². The van der Waals surface area contributed by atoms with Crippen LogP contribution in [-0.2, 0) is 6.54 Å². The van der Waals surface area contributed by atoms with Crippen LogP contribution in [0, 0.1) is 11.8 Å². The van der Waals surface area contributed by atoms with E-state index in [-0.39, 0.29) is 0 Å². The average molecular weight is 295 g/mol. The largest absolute Gasteiger partial charge is 0.371 e. The summed E-state index contributed by atoms with van der Waals surface area (Å²) in [6, 6.07) is 6.59. The third-order valence-electron chi connectivity index (χ3n) is 4.35. The first kappa shape index (κ1) is 11.5. The van der Waals surface area contributed by atoms with Crippen molar-refractivity contribution in [1.29, 1.82) is 0 Å². The normalized spacial score (nSPS) is 27.5. The maximum Gasteiger partial charge on any atom is 0.0377 e. The van der Waals surface area contributed by atoms with Gasteiger partial charge in [0.05, 0.1) is 0 Å². The molecule has 2 atom stereocenters. The maximum atomic E-state index is 5.69. The number of nitrogens with zero attached hydrogens (tertiary/aromatic N) is 1. The Morgan fingerprint density at radius 1 is 1.24 bits per heavy atom. The zero-order valence-corrected chi connectivity index (χ0v) is 11.6. The van der Waals surface area contributed by atoms with Crippen LogP contribution in [0.4, 0.5) is 5.69 Å². The molecule has 92 valence electrons. The molecule has 0 radical (unpaired) electrons. The van der Waals surface area contributed by atoms with Crippen molar-refractivity contribution in [2.45, 2.75) is 25.8 Å². The zero-order chi connectivity index (χ0) is 11.8. The molecule has 2 N–H and O–H groups in total. The van der Waals surface area contributed by atoms with E-state index in [0.29, 0.717) is 6.54 Å². The summed E-state index contributed by atoms with van der Waals surface area (Å²) in [6.45, 7) is 3.10. The van der Waals surface area contributed by atoms with E-state index in [1.54, 1.807) is 0 Å². The second-order valence-electron chi connectivity index (χ2n) is 5.34. The number of nitrogens with two attached hydrogens (primary N) is 1. The van der Waals surface area contributed by atoms with Crippen LogP contribution in [0.15, 0.2) is 22.7 Å². The van der Waals surface area contributed by atoms with Crippen LogP contribution in [0.5, 0.6) is 0 Å². The quantitative estimate of drug-likeness (QED) is 0.908. The summed E-state index contributed by atoms with van der Waals surface area (Å²) < 4.78 is 1.15. The van der Waals surface area contributed by atoms with Gasteiger partial charge in [-0.3, -0.25) is 0 Å². The van der Waals surface area contributed by atoms with Crippen molar-refractivity contribution in [3.8, 4) is 0 Å². The van der Waals surface area contributed by atoms with Crippen molar-refractivity contribution in [3.05, 3.63) is 28.2 Å². The fourth-order valence-electron chi connectivity index (χ4n) is 3.34. The molecule has 2 nitrogen and oxygen atoms in total. The van der Waals surface area contributed by atoms with E-state index in [1.165, 1.54) is 43.6 Å². The first-order valence-corrected chi connectivity index (χ1v) is 7.30. The summed E-state index contributed by atoms with van der Waals surface area (Å²) in [4.78, 5) is 2.54. The van der Waals surface area contributed by atoms with Gasteiger partial charge in [0.25, 0.3) is 0 Å². The Hall–Kier alpha value is -0.540. The standard InChI is InChI=1S/C14H19BrN2/c15-14-6-13(5-4-10(14)7-16)17-8-11-2-1-3-12(11)9-17/h4-6,11-12H,1-3,7-9,16H2. The molecule has 17 heavy (non-hydrogen) atoms. The summed E-state index contributed by atoms with van der Waals surface area (Å²) in [7, 11) is 0. The topological polar surface area (TPSA) is 29.3 Å². The molecule has 1 saturated heterocycles. The smallest absolute Gasteiger partial charge is 0.0377 e. The molecule has 1 aromatic rings. The van der Waals surface area contributed by atoms with Crippen LogP contribution in [0.25, 0.3) is 0 Å². The summed E-state index contributed by atoms with van der Waals surface area (Å²) in [5.41, 5.74) is 8.22. The molecule has 2 fully saturated rings. The predicted octanol–water partition coefficient (Wildman–Crippen LogP) is 3.14. The number of anilines is 1. The molecule has 0 spiro atoms. The highest BCUT2D eigenvalue weighted by Gasteiger charge is 2.36. The van der Waals surface area contributed by atoms with Gasteiger partial charge in [-0.2, -0.15) is 0 Å². The number of halogens is 1. The predicted molar refractivity (Wildman–Crippen MR) is 75.1 cm³/mol. The molecule has 2 unspecified atom stereocenters. The lowest BCUT2D eigenvalue weighted by Gasteiger charge is -2.20. The van der Waals surface area contributed by atoms with Crippen LogP contribution in [0.2, 0.25) is 0 Å². The van der Waals surface area contributed by atoms with Gasteiger partial charge in [-0.1, -0.05) is 28.4 Å². The molecule has 1 heterocycles. The van der Waals surface area contributed by atoms with E-state index in [1.807, 2.05) is 0 Å². The molecule has 1 saturated carbocycles. The third kappa shape index (κ3) is 2.11. The molecule has 1 aliphatic carbocycles. The second-order valence-corrected chi connectivity index (χ2v) is 6.19. The highest BCUT2D eigenvalue weighted by atomic mass is 79.9. The van der Waals surface area contributed by atoms with Crippen LogP contribution in [0.3, 0.4) is 0 Å². The molecule has 1 aliphatic heterocycles. The van der Waals surface area contributed by atoms with Crippen LogP contribution in [-0.4, -0.2) is 13.1 Å². The van der Waals surface area contributed by atoms with Crippen molar-refractivity contribution >= 4 is 21.6 Å². The monoisotopic (exact) mass is 294 g/mol.